The minimum Gasteiger partial charge on any atom is -0.0683 e. The molecule has 0 atom stereocenters. The normalized spacial score (nSPS) is 9.87. The van der Waals surface area contributed by atoms with Gasteiger partial charge in [-0.2, -0.15) is 0 Å². The zero-order valence-corrected chi connectivity index (χ0v) is 96.2. The predicted molar refractivity (Wildman–Crippen MR) is 683 cm³/mol. The Morgan fingerprint density at radius 3 is 0.789 bits per heavy atom. The molecule has 26 rings (SSSR count). The first-order valence-corrected chi connectivity index (χ1v) is 55.7. The van der Waals surface area contributed by atoms with Gasteiger partial charge in [-0.3, -0.25) is 0 Å². The highest BCUT2D eigenvalue weighted by molar-refractivity contribution is 6.26. The highest BCUT2D eigenvalue weighted by atomic mass is 14.2. The lowest BCUT2D eigenvalue weighted by Gasteiger charge is -2.12. The van der Waals surface area contributed by atoms with Crippen LogP contribution >= 0.6 is 0 Å². The molecule has 0 bridgehead atoms. The Labute approximate surface area is 886 Å². The Hall–Kier alpha value is -14.6. The standard InChI is InChI=1S/2C19H14.3C17H12.2C15H12.14C2H6/c1-13-16-8-4-3-7-15(16)12-19-17(13)11-10-14-6-2-5-9-18(14)19;1-13-10-16-11-14-6-2-3-7-15(14)12-19(16)18-9-5-4-8-17(13)18;1-11-10-14-6-2-4-12-8-9-13-5-3-7-15(11)17(13)16(12)14;1-11-9-14-7-5-12-3-2-4-13-6-8-15(10-11)17(14)16(12)13;1-11-5-6-14-8-7-12-3-2-4-13-9-10-15(11)17(14)16(12)13;1-11-14-8-4-2-6-12(14)10-13-7-3-5-9-15(11)13;1-11-6-7-14-9-12-4-2-3-5-13(12)10-15(14)8-11;14*1-2/h2*2-12H,1H3;3*2-10H,1H3;2*2-10H,1H3;14*1-2H3. The molecule has 0 radical (unpaired) electrons. The van der Waals surface area contributed by atoms with E-state index in [9.17, 15) is 0 Å². The molecule has 0 aromatic heterocycles. The molecule has 0 aliphatic heterocycles. The van der Waals surface area contributed by atoms with Crippen molar-refractivity contribution < 1.29 is 0 Å². The van der Waals surface area contributed by atoms with Gasteiger partial charge in [0.05, 0.1) is 0 Å². The van der Waals surface area contributed by atoms with Gasteiger partial charge in [-0.1, -0.05) is 569 Å². The number of rotatable bonds is 0. The second-order valence-electron chi connectivity index (χ2n) is 32.5. The molecule has 0 unspecified atom stereocenters. The first-order chi connectivity index (χ1) is 72.4. The fraction of sp³-hybridized carbons (Fsp3) is 0.238. The van der Waals surface area contributed by atoms with Crippen LogP contribution in [0, 0.1) is 48.5 Å². The van der Waals surface area contributed by atoms with Gasteiger partial charge in [0.2, 0.25) is 0 Å². The lowest BCUT2D eigenvalue weighted by atomic mass is 9.92. The number of benzene rings is 26. The largest absolute Gasteiger partial charge is 0.0683 e. The molecule has 26 aromatic rings. The van der Waals surface area contributed by atoms with E-state index >= 15 is 0 Å². The van der Waals surface area contributed by atoms with E-state index in [1.54, 1.807) is 0 Å². The van der Waals surface area contributed by atoms with Crippen molar-refractivity contribution in [3.05, 3.63) is 445 Å². The average Bonchev–Trinajstić information content (AvgIpc) is 0.745. The van der Waals surface area contributed by atoms with E-state index in [4.69, 9.17) is 0 Å². The molecule has 0 fully saturated rings. The van der Waals surface area contributed by atoms with Crippen LogP contribution in [0.5, 0.6) is 0 Å². The topological polar surface area (TPSA) is 0 Å². The molecule has 0 heteroatoms. The van der Waals surface area contributed by atoms with Crippen molar-refractivity contribution in [3.8, 4) is 0 Å². The molecule has 0 N–H and O–H groups in total. The van der Waals surface area contributed by atoms with Crippen LogP contribution in [0.15, 0.2) is 406 Å². The maximum Gasteiger partial charge on any atom is -0.00241 e. The molecule has 147 heavy (non-hydrogen) atoms. The van der Waals surface area contributed by atoms with Crippen molar-refractivity contribution in [3.63, 3.8) is 0 Å². The minimum atomic E-state index is 1.31. The second kappa shape index (κ2) is 63.7. The number of fused-ring (bicyclic) bond motifs is 12. The van der Waals surface area contributed by atoms with E-state index in [0.29, 0.717) is 0 Å². The van der Waals surface area contributed by atoms with Gasteiger partial charge >= 0.3 is 0 Å². The van der Waals surface area contributed by atoms with Crippen molar-refractivity contribution in [2.45, 2.75) is 242 Å². The lowest BCUT2D eigenvalue weighted by molar-refractivity contribution is 1.50. The first kappa shape index (κ1) is 121. The monoisotopic (exact) mass is 1940 g/mol. The van der Waals surface area contributed by atoms with Gasteiger partial charge < -0.3 is 0 Å². The minimum absolute atomic E-state index is 1.31. The first-order valence-electron chi connectivity index (χ1n) is 55.7. The van der Waals surface area contributed by atoms with Crippen LogP contribution < -0.4 is 0 Å². The van der Waals surface area contributed by atoms with E-state index < -0.39 is 0 Å². The maximum absolute atomic E-state index is 2.32. The fourth-order valence-corrected chi connectivity index (χ4v) is 19.1. The van der Waals surface area contributed by atoms with Gasteiger partial charge in [0.15, 0.2) is 0 Å². The van der Waals surface area contributed by atoms with Crippen molar-refractivity contribution >= 4 is 205 Å². The van der Waals surface area contributed by atoms with Crippen LogP contribution in [0.1, 0.15) is 233 Å². The van der Waals surface area contributed by atoms with Crippen molar-refractivity contribution in [2.75, 3.05) is 0 Å². The Morgan fingerprint density at radius 2 is 0.327 bits per heavy atom. The molecule has 0 aliphatic rings. The Balaban J connectivity index is 0.000000252. The van der Waals surface area contributed by atoms with E-state index in [2.05, 4.69) is 455 Å². The summed E-state index contributed by atoms with van der Waals surface area (Å²) in [5, 5.41) is 51.3. The van der Waals surface area contributed by atoms with Crippen LogP contribution in [0.25, 0.3) is 205 Å². The van der Waals surface area contributed by atoms with Crippen molar-refractivity contribution in [2.24, 2.45) is 0 Å². The molecule has 0 aliphatic carbocycles. The molecule has 0 nitrogen and oxygen atoms in total. The van der Waals surface area contributed by atoms with Crippen molar-refractivity contribution in [1.29, 1.82) is 0 Å². The third-order valence-corrected chi connectivity index (χ3v) is 24.9. The number of aryl methyl sites for hydroxylation is 7. The number of hydrogen-bond donors (Lipinski definition) is 0. The Bertz CT molecular complexity index is 8180. The van der Waals surface area contributed by atoms with E-state index in [0.717, 1.165) is 0 Å². The molecule has 0 saturated heterocycles. The Morgan fingerprint density at radius 1 is 0.0952 bits per heavy atom. The molecule has 26 aromatic carbocycles. The van der Waals surface area contributed by atoms with Crippen molar-refractivity contribution in [1.82, 2.24) is 0 Å². The highest BCUT2D eigenvalue weighted by Crippen LogP contribution is 2.41. The summed E-state index contributed by atoms with van der Waals surface area (Å²) in [4.78, 5) is 0. The van der Waals surface area contributed by atoms with Crippen LogP contribution in [0.2, 0.25) is 0 Å². The smallest absolute Gasteiger partial charge is 0.00241 e. The van der Waals surface area contributed by atoms with Gasteiger partial charge in [-0.15, -0.1) is 0 Å². The highest BCUT2D eigenvalue weighted by Gasteiger charge is 2.15. The summed E-state index contributed by atoms with van der Waals surface area (Å²) in [5.74, 6) is 0. The summed E-state index contributed by atoms with van der Waals surface area (Å²) in [6.45, 7) is 71.3. The zero-order valence-electron chi connectivity index (χ0n) is 96.2. The molecule has 0 heterocycles. The zero-order chi connectivity index (χ0) is 108. The van der Waals surface area contributed by atoms with E-state index in [1.807, 2.05) is 194 Å². The summed E-state index contributed by atoms with van der Waals surface area (Å²) >= 11 is 0. The summed E-state index contributed by atoms with van der Waals surface area (Å²) in [6.07, 6.45) is 0. The SMILES string of the molecule is CC.CC.CC.CC.CC.CC.CC.CC.CC.CC.CC.CC.CC.CC.Cc1c2ccccc2cc2c1ccc1ccccc12.Cc1c2ccccc2cc2ccccc12.Cc1cc2cc3ccccc3cc2c2ccccc12.Cc1cc2ccc3cccc4ccc(c1)c2c34.Cc1cc2cccc3ccc4cccc1c4c32.Cc1ccc2cc3ccccc3cc2c1.Cc1ccc2ccc3cccc4ccc1c2c34. The summed E-state index contributed by atoms with van der Waals surface area (Å²) < 4.78 is 0. The molecule has 0 spiro atoms. The van der Waals surface area contributed by atoms with Crippen LogP contribution in [0.4, 0.5) is 0 Å². The van der Waals surface area contributed by atoms with Gasteiger partial charge in [0.25, 0.3) is 0 Å². The van der Waals surface area contributed by atoms with Crippen LogP contribution in [0.3, 0.4) is 0 Å². The van der Waals surface area contributed by atoms with Crippen LogP contribution in [-0.4, -0.2) is 0 Å². The third kappa shape index (κ3) is 28.4. The van der Waals surface area contributed by atoms with Gasteiger partial charge in [-0.25, -0.2) is 0 Å². The van der Waals surface area contributed by atoms with Gasteiger partial charge in [-0.05, 0) is 323 Å². The molecule has 760 valence electrons. The predicted octanol–water partition coefficient (Wildman–Crippen LogP) is 48.6. The molecule has 0 amide bonds. The molecular weight excluding hydrogens is 1770 g/mol. The summed E-state index contributed by atoms with van der Waals surface area (Å²) in [6, 6.07) is 147. The fourth-order valence-electron chi connectivity index (χ4n) is 19.1. The van der Waals surface area contributed by atoms with Crippen LogP contribution in [-0.2, 0) is 0 Å². The summed E-state index contributed by atoms with van der Waals surface area (Å²) in [5.41, 5.74) is 9.46. The average molecular weight is 1940 g/mol. The molecular formula is C147H172. The van der Waals surface area contributed by atoms with Gasteiger partial charge in [0.1, 0.15) is 0 Å². The Kier molecular flexibility index (Phi) is 52.5. The molecule has 0 saturated carbocycles. The third-order valence-electron chi connectivity index (χ3n) is 24.9. The maximum atomic E-state index is 2.32. The summed E-state index contributed by atoms with van der Waals surface area (Å²) in [7, 11) is 0. The van der Waals surface area contributed by atoms with E-state index in [-0.39, 0.29) is 0 Å². The van der Waals surface area contributed by atoms with E-state index in [1.165, 1.54) is 244 Å². The number of hydrogen-bond acceptors (Lipinski definition) is 0. The second-order valence-corrected chi connectivity index (χ2v) is 32.5. The van der Waals surface area contributed by atoms with Gasteiger partial charge in [0, 0.05) is 0 Å². The lowest BCUT2D eigenvalue weighted by Crippen LogP contribution is -1.85. The quantitative estimate of drug-likeness (QED) is 0.105.